The molecular weight excluding hydrogens is 426 g/mol. The molecule has 0 fully saturated rings. The zero-order valence-corrected chi connectivity index (χ0v) is 15.2. The highest BCUT2D eigenvalue weighted by Gasteiger charge is 2.15. The highest BCUT2D eigenvalue weighted by atomic mass is 79.9. The SMILES string of the molecule is N#Cc1c(-c2cc(Br)cs2)cc(-c2ccccc2Br)nc1N. The summed E-state index contributed by atoms with van der Waals surface area (Å²) in [5.41, 5.74) is 8.90. The molecule has 0 atom stereocenters. The first-order valence-corrected chi connectivity index (χ1v) is 8.76. The van der Waals surface area contributed by atoms with Gasteiger partial charge in [-0.1, -0.05) is 34.1 Å². The van der Waals surface area contributed by atoms with E-state index in [1.807, 2.05) is 41.8 Å². The van der Waals surface area contributed by atoms with Gasteiger partial charge in [-0.3, -0.25) is 0 Å². The Hall–Kier alpha value is -1.68. The van der Waals surface area contributed by atoms with Gasteiger partial charge in [0.05, 0.1) is 5.69 Å². The van der Waals surface area contributed by atoms with E-state index in [2.05, 4.69) is 42.9 Å². The smallest absolute Gasteiger partial charge is 0.142 e. The number of hydrogen-bond donors (Lipinski definition) is 1. The number of thiophene rings is 1. The molecule has 1 aromatic carbocycles. The van der Waals surface area contributed by atoms with Crippen LogP contribution >= 0.6 is 43.2 Å². The van der Waals surface area contributed by atoms with Crippen LogP contribution < -0.4 is 5.73 Å². The van der Waals surface area contributed by atoms with Crippen LogP contribution in [0.25, 0.3) is 21.7 Å². The summed E-state index contributed by atoms with van der Waals surface area (Å²) in [7, 11) is 0. The largest absolute Gasteiger partial charge is 0.383 e. The summed E-state index contributed by atoms with van der Waals surface area (Å²) in [6, 6.07) is 13.8. The zero-order chi connectivity index (χ0) is 15.7. The molecule has 2 aromatic heterocycles. The maximum atomic E-state index is 9.40. The van der Waals surface area contributed by atoms with Gasteiger partial charge in [0.2, 0.25) is 0 Å². The highest BCUT2D eigenvalue weighted by molar-refractivity contribution is 9.10. The number of hydrogen-bond acceptors (Lipinski definition) is 4. The number of nitrogen functional groups attached to an aromatic ring is 1. The fourth-order valence-corrected chi connectivity index (χ4v) is 4.08. The standard InChI is InChI=1S/C16H9Br2N3S/c17-9-5-15(22-8-9)11-6-14(21-16(20)12(11)7-19)10-3-1-2-4-13(10)18/h1-6,8H,(H2,20,21). The Kier molecular flexibility index (Phi) is 4.30. The van der Waals surface area contributed by atoms with Crippen molar-refractivity contribution in [2.45, 2.75) is 0 Å². The molecule has 2 heterocycles. The minimum Gasteiger partial charge on any atom is -0.383 e. The Morgan fingerprint density at radius 2 is 1.91 bits per heavy atom. The van der Waals surface area contributed by atoms with Gasteiger partial charge in [0, 0.05) is 30.3 Å². The Morgan fingerprint density at radius 1 is 1.14 bits per heavy atom. The van der Waals surface area contributed by atoms with Crippen LogP contribution in [0.5, 0.6) is 0 Å². The van der Waals surface area contributed by atoms with Gasteiger partial charge in [-0.05, 0) is 34.1 Å². The number of pyridine rings is 1. The van der Waals surface area contributed by atoms with Crippen molar-refractivity contribution in [2.75, 3.05) is 5.73 Å². The molecule has 108 valence electrons. The lowest BCUT2D eigenvalue weighted by Crippen LogP contribution is -1.99. The lowest BCUT2D eigenvalue weighted by atomic mass is 10.0. The predicted molar refractivity (Wildman–Crippen MR) is 97.5 cm³/mol. The van der Waals surface area contributed by atoms with Gasteiger partial charge in [-0.25, -0.2) is 4.98 Å². The third kappa shape index (κ3) is 2.80. The van der Waals surface area contributed by atoms with E-state index in [1.165, 1.54) is 0 Å². The van der Waals surface area contributed by atoms with Crippen LogP contribution in [0.3, 0.4) is 0 Å². The van der Waals surface area contributed by atoms with Crippen LogP contribution in [-0.2, 0) is 0 Å². The quantitative estimate of drug-likeness (QED) is 0.582. The summed E-state index contributed by atoms with van der Waals surface area (Å²) < 4.78 is 1.92. The van der Waals surface area contributed by atoms with Gasteiger partial charge < -0.3 is 5.73 Å². The lowest BCUT2D eigenvalue weighted by Gasteiger charge is -2.09. The van der Waals surface area contributed by atoms with E-state index >= 15 is 0 Å². The molecule has 0 radical (unpaired) electrons. The molecule has 0 unspecified atom stereocenters. The maximum Gasteiger partial charge on any atom is 0.142 e. The van der Waals surface area contributed by atoms with E-state index in [0.717, 1.165) is 30.6 Å². The van der Waals surface area contributed by atoms with Crippen LogP contribution in [0.15, 0.2) is 50.7 Å². The topological polar surface area (TPSA) is 62.7 Å². The van der Waals surface area contributed by atoms with E-state index < -0.39 is 0 Å². The van der Waals surface area contributed by atoms with E-state index in [4.69, 9.17) is 5.73 Å². The van der Waals surface area contributed by atoms with Gasteiger partial charge >= 0.3 is 0 Å². The fraction of sp³-hybridized carbons (Fsp3) is 0. The van der Waals surface area contributed by atoms with Crippen LogP contribution in [0.2, 0.25) is 0 Å². The molecule has 0 aliphatic rings. The summed E-state index contributed by atoms with van der Waals surface area (Å²) in [4.78, 5) is 5.36. The van der Waals surface area contributed by atoms with E-state index in [-0.39, 0.29) is 5.82 Å². The molecule has 0 aliphatic carbocycles. The summed E-state index contributed by atoms with van der Waals surface area (Å²) >= 11 is 8.53. The number of rotatable bonds is 2. The van der Waals surface area contributed by atoms with Crippen molar-refractivity contribution in [3.8, 4) is 27.8 Å². The zero-order valence-electron chi connectivity index (χ0n) is 11.2. The average Bonchev–Trinajstić information content (AvgIpc) is 2.93. The number of nitrogens with two attached hydrogens (primary N) is 1. The van der Waals surface area contributed by atoms with Gasteiger partial charge in [0.25, 0.3) is 0 Å². The average molecular weight is 435 g/mol. The van der Waals surface area contributed by atoms with Crippen LogP contribution in [0, 0.1) is 11.3 Å². The second-order valence-corrected chi connectivity index (χ2v) is 7.22. The van der Waals surface area contributed by atoms with Crippen molar-refractivity contribution < 1.29 is 0 Å². The van der Waals surface area contributed by atoms with Crippen molar-refractivity contribution in [2.24, 2.45) is 0 Å². The first-order chi connectivity index (χ1) is 10.6. The summed E-state index contributed by atoms with van der Waals surface area (Å²) in [5, 5.41) is 11.4. The van der Waals surface area contributed by atoms with Crippen LogP contribution in [0.1, 0.15) is 5.56 Å². The lowest BCUT2D eigenvalue weighted by molar-refractivity contribution is 1.31. The molecule has 22 heavy (non-hydrogen) atoms. The molecular formula is C16H9Br2N3S. The minimum atomic E-state index is 0.246. The molecule has 0 saturated heterocycles. The second-order valence-electron chi connectivity index (χ2n) is 4.54. The first-order valence-electron chi connectivity index (χ1n) is 6.30. The Bertz CT molecular complexity index is 897. The number of aromatic nitrogens is 1. The highest BCUT2D eigenvalue weighted by Crippen LogP contribution is 2.37. The van der Waals surface area contributed by atoms with Crippen molar-refractivity contribution in [3.05, 3.63) is 56.3 Å². The Labute approximate surface area is 148 Å². The second kappa shape index (κ2) is 6.21. The first kappa shape index (κ1) is 15.2. The maximum absolute atomic E-state index is 9.40. The van der Waals surface area contributed by atoms with E-state index in [9.17, 15) is 5.26 Å². The molecule has 0 bridgehead atoms. The molecule has 2 N–H and O–H groups in total. The summed E-state index contributed by atoms with van der Waals surface area (Å²) in [6.45, 7) is 0. The fourth-order valence-electron chi connectivity index (χ4n) is 2.14. The van der Waals surface area contributed by atoms with Gasteiger partial charge in [-0.15, -0.1) is 11.3 Å². The van der Waals surface area contributed by atoms with Crippen molar-refractivity contribution in [1.82, 2.24) is 4.98 Å². The predicted octanol–water partition coefficient (Wildman–Crippen LogP) is 5.46. The Morgan fingerprint density at radius 3 is 2.55 bits per heavy atom. The molecule has 6 heteroatoms. The number of nitrogens with zero attached hydrogens (tertiary/aromatic N) is 2. The molecule has 0 spiro atoms. The third-order valence-electron chi connectivity index (χ3n) is 3.14. The summed E-state index contributed by atoms with van der Waals surface area (Å²) in [6.07, 6.45) is 0. The third-order valence-corrected chi connectivity index (χ3v) is 5.56. The van der Waals surface area contributed by atoms with Gasteiger partial charge in [0.1, 0.15) is 17.5 Å². The van der Waals surface area contributed by atoms with Gasteiger partial charge in [-0.2, -0.15) is 5.26 Å². The molecule has 0 amide bonds. The normalized spacial score (nSPS) is 10.4. The number of nitriles is 1. The molecule has 3 rings (SSSR count). The monoisotopic (exact) mass is 433 g/mol. The molecule has 0 saturated carbocycles. The number of benzene rings is 1. The van der Waals surface area contributed by atoms with Crippen molar-refractivity contribution in [3.63, 3.8) is 0 Å². The van der Waals surface area contributed by atoms with Crippen molar-refractivity contribution >= 4 is 49.0 Å². The van der Waals surface area contributed by atoms with Crippen molar-refractivity contribution in [1.29, 1.82) is 5.26 Å². The van der Waals surface area contributed by atoms with Crippen LogP contribution in [-0.4, -0.2) is 4.98 Å². The number of anilines is 1. The Balaban J connectivity index is 2.26. The molecule has 0 aliphatic heterocycles. The number of halogens is 2. The van der Waals surface area contributed by atoms with Gasteiger partial charge in [0.15, 0.2) is 0 Å². The van der Waals surface area contributed by atoms with E-state index in [0.29, 0.717) is 5.56 Å². The van der Waals surface area contributed by atoms with E-state index in [1.54, 1.807) is 11.3 Å². The summed E-state index contributed by atoms with van der Waals surface area (Å²) in [5.74, 6) is 0.246. The molecule has 3 nitrogen and oxygen atoms in total. The minimum absolute atomic E-state index is 0.246. The van der Waals surface area contributed by atoms with Crippen LogP contribution in [0.4, 0.5) is 5.82 Å². The molecule has 3 aromatic rings.